The SMILES string of the molecule is COc1cc(/C=C/C(=O)OCc2nc3ccccc3s2)cc(OC)c1OC. The number of benzene rings is 2. The Balaban J connectivity index is 1.67. The Kier molecular flexibility index (Phi) is 5.93. The zero-order chi connectivity index (χ0) is 19.2. The van der Waals surface area contributed by atoms with Crippen molar-refractivity contribution in [2.75, 3.05) is 21.3 Å². The van der Waals surface area contributed by atoms with Gasteiger partial charge in [0.05, 0.1) is 31.5 Å². The standard InChI is InChI=1S/C20H19NO5S/c1-23-15-10-13(11-16(24-2)20(15)25-3)8-9-19(22)26-12-18-21-14-6-4-5-7-17(14)27-18/h4-11H,12H2,1-3H3/b9-8+. The second-order valence-electron chi connectivity index (χ2n) is 5.48. The monoisotopic (exact) mass is 385 g/mol. The molecule has 0 spiro atoms. The van der Waals surface area contributed by atoms with Crippen molar-refractivity contribution in [1.29, 1.82) is 0 Å². The lowest BCUT2D eigenvalue weighted by molar-refractivity contribution is -0.138. The van der Waals surface area contributed by atoms with E-state index in [4.69, 9.17) is 18.9 Å². The predicted molar refractivity (Wildman–Crippen MR) is 105 cm³/mol. The van der Waals surface area contributed by atoms with Crippen LogP contribution in [0.4, 0.5) is 0 Å². The summed E-state index contributed by atoms with van der Waals surface area (Å²) >= 11 is 1.51. The van der Waals surface area contributed by atoms with E-state index in [2.05, 4.69) is 4.98 Å². The average Bonchev–Trinajstić information content (AvgIpc) is 3.12. The number of hydrogen-bond acceptors (Lipinski definition) is 7. The normalized spacial score (nSPS) is 10.9. The molecule has 0 atom stereocenters. The maximum absolute atomic E-state index is 12.0. The topological polar surface area (TPSA) is 66.9 Å². The summed E-state index contributed by atoms with van der Waals surface area (Å²) < 4.78 is 22.2. The van der Waals surface area contributed by atoms with E-state index < -0.39 is 5.97 Å². The fourth-order valence-electron chi connectivity index (χ4n) is 2.52. The number of ether oxygens (including phenoxy) is 4. The van der Waals surface area contributed by atoms with Crippen LogP contribution in [0.3, 0.4) is 0 Å². The van der Waals surface area contributed by atoms with Gasteiger partial charge in [0.25, 0.3) is 0 Å². The summed E-state index contributed by atoms with van der Waals surface area (Å²) in [4.78, 5) is 16.5. The number of rotatable bonds is 7. The highest BCUT2D eigenvalue weighted by atomic mass is 32.1. The predicted octanol–water partition coefficient (Wildman–Crippen LogP) is 4.08. The average molecular weight is 385 g/mol. The molecular formula is C20H19NO5S. The van der Waals surface area contributed by atoms with Gasteiger partial charge in [0.1, 0.15) is 11.6 Å². The molecule has 0 amide bonds. The number of nitrogens with zero attached hydrogens (tertiary/aromatic N) is 1. The van der Waals surface area contributed by atoms with E-state index in [9.17, 15) is 4.79 Å². The Bertz CT molecular complexity index is 921. The molecule has 2 aromatic carbocycles. The van der Waals surface area contributed by atoms with Gasteiger partial charge in [0.15, 0.2) is 11.5 Å². The number of para-hydroxylation sites is 1. The first kappa shape index (κ1) is 18.7. The van der Waals surface area contributed by atoms with Gasteiger partial charge in [-0.25, -0.2) is 9.78 Å². The number of methoxy groups -OCH3 is 3. The lowest BCUT2D eigenvalue weighted by Gasteiger charge is -2.12. The molecule has 0 aliphatic heterocycles. The molecule has 3 aromatic rings. The van der Waals surface area contributed by atoms with Crippen LogP contribution in [-0.2, 0) is 16.1 Å². The largest absolute Gasteiger partial charge is 0.493 e. The first-order valence-electron chi connectivity index (χ1n) is 8.14. The van der Waals surface area contributed by atoms with Gasteiger partial charge in [-0.2, -0.15) is 0 Å². The molecule has 7 heteroatoms. The number of esters is 1. The summed E-state index contributed by atoms with van der Waals surface area (Å²) in [6.45, 7) is 0.137. The van der Waals surface area contributed by atoms with Crippen LogP contribution < -0.4 is 14.2 Å². The highest BCUT2D eigenvalue weighted by Crippen LogP contribution is 2.38. The molecule has 1 aromatic heterocycles. The van der Waals surface area contributed by atoms with Gasteiger partial charge in [-0.15, -0.1) is 11.3 Å². The quantitative estimate of drug-likeness (QED) is 0.451. The highest BCUT2D eigenvalue weighted by molar-refractivity contribution is 7.18. The van der Waals surface area contributed by atoms with Gasteiger partial charge in [0, 0.05) is 6.08 Å². The fraction of sp³-hybridized carbons (Fsp3) is 0.200. The number of fused-ring (bicyclic) bond motifs is 1. The molecular weight excluding hydrogens is 366 g/mol. The van der Waals surface area contributed by atoms with Crippen LogP contribution in [-0.4, -0.2) is 32.3 Å². The van der Waals surface area contributed by atoms with Crippen molar-refractivity contribution < 1.29 is 23.7 Å². The lowest BCUT2D eigenvalue weighted by atomic mass is 10.1. The third kappa shape index (κ3) is 4.38. The first-order chi connectivity index (χ1) is 13.1. The van der Waals surface area contributed by atoms with E-state index in [1.54, 1.807) is 18.2 Å². The summed E-state index contributed by atoms with van der Waals surface area (Å²) in [5.41, 5.74) is 1.63. The maximum Gasteiger partial charge on any atom is 0.331 e. The molecule has 0 saturated heterocycles. The van der Waals surface area contributed by atoms with E-state index in [0.29, 0.717) is 17.2 Å². The van der Waals surface area contributed by atoms with Crippen molar-refractivity contribution in [1.82, 2.24) is 4.98 Å². The summed E-state index contributed by atoms with van der Waals surface area (Å²) in [7, 11) is 4.61. The molecule has 27 heavy (non-hydrogen) atoms. The molecule has 0 N–H and O–H groups in total. The fourth-order valence-corrected chi connectivity index (χ4v) is 3.41. The van der Waals surface area contributed by atoms with E-state index >= 15 is 0 Å². The Hall–Kier alpha value is -3.06. The van der Waals surface area contributed by atoms with Crippen molar-refractivity contribution in [3.05, 3.63) is 53.0 Å². The van der Waals surface area contributed by atoms with Crippen LogP contribution in [0.15, 0.2) is 42.5 Å². The minimum atomic E-state index is -0.456. The second-order valence-corrected chi connectivity index (χ2v) is 6.59. The van der Waals surface area contributed by atoms with Crippen LogP contribution in [0.5, 0.6) is 17.2 Å². The van der Waals surface area contributed by atoms with Crippen LogP contribution in [0, 0.1) is 0 Å². The summed E-state index contributed by atoms with van der Waals surface area (Å²) in [5.74, 6) is 1.07. The summed E-state index contributed by atoms with van der Waals surface area (Å²) in [6.07, 6.45) is 2.99. The molecule has 6 nitrogen and oxygen atoms in total. The molecule has 0 fully saturated rings. The van der Waals surface area contributed by atoms with Crippen LogP contribution in [0.1, 0.15) is 10.6 Å². The third-order valence-corrected chi connectivity index (χ3v) is 4.78. The zero-order valence-electron chi connectivity index (χ0n) is 15.2. The molecule has 0 aliphatic carbocycles. The highest BCUT2D eigenvalue weighted by Gasteiger charge is 2.12. The Morgan fingerprint density at radius 3 is 2.41 bits per heavy atom. The van der Waals surface area contributed by atoms with Gasteiger partial charge in [0.2, 0.25) is 5.75 Å². The Morgan fingerprint density at radius 1 is 1.07 bits per heavy atom. The van der Waals surface area contributed by atoms with Crippen LogP contribution >= 0.6 is 11.3 Å². The van der Waals surface area contributed by atoms with E-state index in [1.807, 2.05) is 24.3 Å². The molecule has 0 radical (unpaired) electrons. The Labute approximate surface area is 161 Å². The molecule has 1 heterocycles. The third-order valence-electron chi connectivity index (χ3n) is 3.78. The second kappa shape index (κ2) is 8.55. The Morgan fingerprint density at radius 2 is 1.78 bits per heavy atom. The van der Waals surface area contributed by atoms with E-state index in [-0.39, 0.29) is 6.61 Å². The minimum absolute atomic E-state index is 0.137. The first-order valence-corrected chi connectivity index (χ1v) is 8.95. The number of aromatic nitrogens is 1. The van der Waals surface area contributed by atoms with Gasteiger partial charge >= 0.3 is 5.97 Å². The molecule has 0 bridgehead atoms. The van der Waals surface area contributed by atoms with Crippen LogP contribution in [0.2, 0.25) is 0 Å². The number of thiazole rings is 1. The molecule has 0 aliphatic rings. The van der Waals surface area contributed by atoms with Crippen molar-refractivity contribution in [2.24, 2.45) is 0 Å². The number of hydrogen-bond donors (Lipinski definition) is 0. The van der Waals surface area contributed by atoms with Crippen molar-refractivity contribution >= 4 is 33.6 Å². The van der Waals surface area contributed by atoms with Crippen molar-refractivity contribution in [3.8, 4) is 17.2 Å². The van der Waals surface area contributed by atoms with E-state index in [1.165, 1.54) is 38.7 Å². The summed E-state index contributed by atoms with van der Waals surface area (Å²) in [5, 5.41) is 0.755. The number of carbonyl (C=O) groups excluding carboxylic acids is 1. The van der Waals surface area contributed by atoms with Crippen molar-refractivity contribution in [2.45, 2.75) is 6.61 Å². The smallest absolute Gasteiger partial charge is 0.331 e. The minimum Gasteiger partial charge on any atom is -0.493 e. The van der Waals surface area contributed by atoms with E-state index in [0.717, 1.165) is 20.8 Å². The number of carbonyl (C=O) groups is 1. The summed E-state index contributed by atoms with van der Waals surface area (Å²) in [6, 6.07) is 11.3. The van der Waals surface area contributed by atoms with Gasteiger partial charge < -0.3 is 18.9 Å². The van der Waals surface area contributed by atoms with Gasteiger partial charge in [-0.1, -0.05) is 12.1 Å². The van der Waals surface area contributed by atoms with Gasteiger partial charge in [-0.3, -0.25) is 0 Å². The molecule has 0 saturated carbocycles. The molecule has 3 rings (SSSR count). The van der Waals surface area contributed by atoms with Crippen LogP contribution in [0.25, 0.3) is 16.3 Å². The molecule has 0 unspecified atom stereocenters. The maximum atomic E-state index is 12.0. The van der Waals surface area contributed by atoms with Gasteiger partial charge in [-0.05, 0) is 35.9 Å². The zero-order valence-corrected chi connectivity index (χ0v) is 16.0. The molecule has 140 valence electrons. The van der Waals surface area contributed by atoms with Crippen molar-refractivity contribution in [3.63, 3.8) is 0 Å². The lowest BCUT2D eigenvalue weighted by Crippen LogP contribution is -2.00.